The van der Waals surface area contributed by atoms with Gasteiger partial charge >= 0.3 is 0 Å². The van der Waals surface area contributed by atoms with Crippen molar-refractivity contribution in [2.24, 2.45) is 11.0 Å². The van der Waals surface area contributed by atoms with Crippen molar-refractivity contribution >= 4 is 39.8 Å². The zero-order chi connectivity index (χ0) is 24.6. The Hall–Kier alpha value is -4.44. The molecule has 9 nitrogen and oxygen atoms in total. The fraction of sp³-hybridized carbons (Fsp3) is 0.154. The molecule has 178 valence electrons. The number of hydrogen-bond acceptors (Lipinski definition) is 8. The standard InChI is InChI=1S/C26H22N8OS/c1-14(2)26(35)31-17-8-15(10-27-12-17)16-9-19-20(29-11-16)13-30-34-23(19)25-32-22-18(21-4-3-7-36-21)5-6-28-24(22)33-25/h3-12,14,30H,13H2,1-2H3,(H,31,35)(H,28,32,33). The Kier molecular flexibility index (Phi) is 5.49. The van der Waals surface area contributed by atoms with Crippen molar-refractivity contribution in [1.29, 1.82) is 0 Å². The maximum absolute atomic E-state index is 12.1. The summed E-state index contributed by atoms with van der Waals surface area (Å²) in [5.74, 6) is 0.437. The minimum absolute atomic E-state index is 0.0570. The van der Waals surface area contributed by atoms with Gasteiger partial charge in [-0.1, -0.05) is 19.9 Å². The highest BCUT2D eigenvalue weighted by Crippen LogP contribution is 2.31. The second kappa shape index (κ2) is 8.97. The fourth-order valence-electron chi connectivity index (χ4n) is 4.04. The lowest BCUT2D eigenvalue weighted by Gasteiger charge is -2.17. The molecule has 0 atom stereocenters. The van der Waals surface area contributed by atoms with Crippen LogP contribution in [0.2, 0.25) is 0 Å². The van der Waals surface area contributed by atoms with E-state index in [0.717, 1.165) is 38.3 Å². The Morgan fingerprint density at radius 3 is 2.81 bits per heavy atom. The molecule has 6 heterocycles. The fourth-order valence-corrected chi connectivity index (χ4v) is 4.80. The summed E-state index contributed by atoms with van der Waals surface area (Å²) >= 11 is 1.67. The van der Waals surface area contributed by atoms with E-state index in [0.29, 0.717) is 29.4 Å². The number of nitrogens with zero attached hydrogens (tertiary/aromatic N) is 5. The van der Waals surface area contributed by atoms with E-state index in [1.54, 1.807) is 29.9 Å². The van der Waals surface area contributed by atoms with Crippen LogP contribution in [0.15, 0.2) is 65.6 Å². The number of fused-ring (bicyclic) bond motifs is 2. The van der Waals surface area contributed by atoms with E-state index in [2.05, 4.69) is 47.2 Å². The van der Waals surface area contributed by atoms with E-state index in [4.69, 9.17) is 4.98 Å². The second-order valence-electron chi connectivity index (χ2n) is 8.74. The number of hydrazone groups is 1. The van der Waals surface area contributed by atoms with Crippen LogP contribution in [0.4, 0.5) is 5.69 Å². The molecule has 10 heteroatoms. The Labute approximate surface area is 210 Å². The summed E-state index contributed by atoms with van der Waals surface area (Å²) in [4.78, 5) is 34.9. The van der Waals surface area contributed by atoms with Gasteiger partial charge < -0.3 is 15.7 Å². The van der Waals surface area contributed by atoms with Crippen molar-refractivity contribution in [3.8, 4) is 21.6 Å². The summed E-state index contributed by atoms with van der Waals surface area (Å²) in [5, 5.41) is 9.53. The SMILES string of the molecule is CC(C)C(=O)Nc1cncc(-c2cnc3c(c2)C(c2nc4nccc(-c5cccs5)c4[nH]2)=NNC3)c1. The zero-order valence-corrected chi connectivity index (χ0v) is 20.4. The van der Waals surface area contributed by atoms with E-state index in [9.17, 15) is 4.79 Å². The number of thiophene rings is 1. The molecule has 5 aromatic heterocycles. The summed E-state index contributed by atoms with van der Waals surface area (Å²) in [6.45, 7) is 4.22. The van der Waals surface area contributed by atoms with Gasteiger partial charge in [0.2, 0.25) is 5.91 Å². The number of amides is 1. The lowest BCUT2D eigenvalue weighted by molar-refractivity contribution is -0.118. The largest absolute Gasteiger partial charge is 0.335 e. The first-order valence-corrected chi connectivity index (χ1v) is 12.4. The summed E-state index contributed by atoms with van der Waals surface area (Å²) in [6.07, 6.45) is 6.97. The van der Waals surface area contributed by atoms with Crippen LogP contribution in [-0.2, 0) is 11.3 Å². The van der Waals surface area contributed by atoms with E-state index in [1.165, 1.54) is 0 Å². The van der Waals surface area contributed by atoms with E-state index < -0.39 is 0 Å². The van der Waals surface area contributed by atoms with Crippen LogP contribution < -0.4 is 10.7 Å². The topological polar surface area (TPSA) is 121 Å². The van der Waals surface area contributed by atoms with Gasteiger partial charge in [-0.15, -0.1) is 11.3 Å². The van der Waals surface area contributed by atoms with Crippen LogP contribution >= 0.6 is 11.3 Å². The maximum atomic E-state index is 12.1. The smallest absolute Gasteiger partial charge is 0.226 e. The molecule has 0 aliphatic carbocycles. The third-order valence-corrected chi connectivity index (χ3v) is 6.83. The van der Waals surface area contributed by atoms with Crippen molar-refractivity contribution in [3.63, 3.8) is 0 Å². The van der Waals surface area contributed by atoms with Gasteiger partial charge in [-0.3, -0.25) is 14.8 Å². The molecular weight excluding hydrogens is 472 g/mol. The average Bonchev–Trinajstić information content (AvgIpc) is 3.58. The molecule has 0 bridgehead atoms. The number of hydrogen-bond donors (Lipinski definition) is 3. The van der Waals surface area contributed by atoms with E-state index in [-0.39, 0.29) is 11.8 Å². The lowest BCUT2D eigenvalue weighted by atomic mass is 10.0. The first kappa shape index (κ1) is 22.1. The summed E-state index contributed by atoms with van der Waals surface area (Å²) in [7, 11) is 0. The molecule has 1 aliphatic rings. The van der Waals surface area contributed by atoms with E-state index >= 15 is 0 Å². The van der Waals surface area contributed by atoms with E-state index in [1.807, 2.05) is 44.3 Å². The van der Waals surface area contributed by atoms with Gasteiger partial charge in [-0.2, -0.15) is 5.10 Å². The van der Waals surface area contributed by atoms with Gasteiger partial charge in [-0.05, 0) is 29.6 Å². The number of H-pyrrole nitrogens is 1. The highest BCUT2D eigenvalue weighted by Gasteiger charge is 2.22. The Balaban J connectivity index is 1.39. The quantitative estimate of drug-likeness (QED) is 0.329. The van der Waals surface area contributed by atoms with Crippen molar-refractivity contribution in [3.05, 3.63) is 77.6 Å². The molecule has 1 amide bonds. The molecule has 0 aromatic carbocycles. The van der Waals surface area contributed by atoms with Gasteiger partial charge in [0.05, 0.1) is 29.6 Å². The molecule has 0 radical (unpaired) electrons. The van der Waals surface area contributed by atoms with Gasteiger partial charge in [0.15, 0.2) is 11.5 Å². The highest BCUT2D eigenvalue weighted by molar-refractivity contribution is 7.13. The van der Waals surface area contributed by atoms with Crippen LogP contribution in [0.25, 0.3) is 32.7 Å². The maximum Gasteiger partial charge on any atom is 0.226 e. The number of nitrogens with one attached hydrogen (secondary N) is 3. The van der Waals surface area contributed by atoms with Crippen molar-refractivity contribution < 1.29 is 4.79 Å². The number of aromatic nitrogens is 5. The third kappa shape index (κ3) is 4.01. The molecule has 0 spiro atoms. The van der Waals surface area contributed by atoms with Gasteiger partial charge in [0.1, 0.15) is 5.71 Å². The molecule has 1 aliphatic heterocycles. The number of anilines is 1. The highest BCUT2D eigenvalue weighted by atomic mass is 32.1. The van der Waals surface area contributed by atoms with Crippen molar-refractivity contribution in [2.45, 2.75) is 20.4 Å². The molecule has 5 aromatic rings. The number of imidazole rings is 1. The first-order chi connectivity index (χ1) is 17.6. The van der Waals surface area contributed by atoms with Crippen LogP contribution in [0, 0.1) is 5.92 Å². The average molecular weight is 495 g/mol. The minimum Gasteiger partial charge on any atom is -0.335 e. The molecule has 6 rings (SSSR count). The molecule has 3 N–H and O–H groups in total. The second-order valence-corrected chi connectivity index (χ2v) is 9.69. The first-order valence-electron chi connectivity index (χ1n) is 11.5. The molecule has 0 fully saturated rings. The molecule has 0 saturated heterocycles. The molecular formula is C26H22N8OS. The summed E-state index contributed by atoms with van der Waals surface area (Å²) in [6, 6.07) is 10.0. The minimum atomic E-state index is -0.121. The predicted molar refractivity (Wildman–Crippen MR) is 141 cm³/mol. The number of carbonyl (C=O) groups is 1. The van der Waals surface area contributed by atoms with Crippen LogP contribution in [-0.4, -0.2) is 36.5 Å². The number of carbonyl (C=O) groups excluding carboxylic acids is 1. The zero-order valence-electron chi connectivity index (χ0n) is 19.6. The Morgan fingerprint density at radius 2 is 1.97 bits per heavy atom. The summed E-state index contributed by atoms with van der Waals surface area (Å²) < 4.78 is 0. The van der Waals surface area contributed by atoms with Crippen LogP contribution in [0.1, 0.15) is 30.9 Å². The normalized spacial score (nSPS) is 12.8. The molecule has 0 saturated carbocycles. The monoisotopic (exact) mass is 494 g/mol. The van der Waals surface area contributed by atoms with Crippen LogP contribution in [0.3, 0.4) is 0 Å². The number of rotatable bonds is 5. The molecule has 36 heavy (non-hydrogen) atoms. The van der Waals surface area contributed by atoms with Crippen molar-refractivity contribution in [2.75, 3.05) is 5.32 Å². The lowest BCUT2D eigenvalue weighted by Crippen LogP contribution is -2.23. The Bertz CT molecular complexity index is 1620. The molecule has 0 unspecified atom stereocenters. The van der Waals surface area contributed by atoms with Gasteiger partial charge in [-0.25, -0.2) is 9.97 Å². The van der Waals surface area contributed by atoms with Crippen LogP contribution in [0.5, 0.6) is 0 Å². The number of aromatic amines is 1. The van der Waals surface area contributed by atoms with Gasteiger partial charge in [0.25, 0.3) is 0 Å². The predicted octanol–water partition coefficient (Wildman–Crippen LogP) is 4.59. The third-order valence-electron chi connectivity index (χ3n) is 5.93. The Morgan fingerprint density at radius 1 is 1.08 bits per heavy atom. The van der Waals surface area contributed by atoms with Gasteiger partial charge in [0, 0.05) is 51.6 Å². The summed E-state index contributed by atoms with van der Waals surface area (Å²) in [5.41, 5.74) is 10.4. The van der Waals surface area contributed by atoms with Crippen molar-refractivity contribution in [1.82, 2.24) is 30.3 Å². The number of pyridine rings is 3.